The Morgan fingerprint density at radius 3 is 2.16 bits per heavy atom. The van der Waals surface area contributed by atoms with Crippen molar-refractivity contribution in [2.45, 2.75) is 58.0 Å². The monoisotopic (exact) mass is 267 g/mol. The summed E-state index contributed by atoms with van der Waals surface area (Å²) in [6, 6.07) is 0.164. The Morgan fingerprint density at radius 2 is 1.74 bits per heavy atom. The molecule has 0 atom stereocenters. The lowest BCUT2D eigenvalue weighted by atomic mass is 9.93. The molecule has 2 amide bonds. The van der Waals surface area contributed by atoms with Crippen molar-refractivity contribution in [1.82, 2.24) is 10.2 Å². The third kappa shape index (κ3) is 3.26. The maximum Gasteiger partial charge on any atom is 0.240 e. The maximum absolute atomic E-state index is 12.1. The SMILES string of the molecule is CC(C)(C)C(=O)N1CCC(NC(=O)C2(N)CC2)CC1. The summed E-state index contributed by atoms with van der Waals surface area (Å²) in [5.41, 5.74) is 4.94. The van der Waals surface area contributed by atoms with Crippen molar-refractivity contribution in [2.75, 3.05) is 13.1 Å². The molecule has 0 unspecified atom stereocenters. The predicted molar refractivity (Wildman–Crippen MR) is 73.4 cm³/mol. The number of carbonyl (C=O) groups is 2. The van der Waals surface area contributed by atoms with Crippen LogP contribution in [0.1, 0.15) is 46.5 Å². The molecule has 1 saturated carbocycles. The summed E-state index contributed by atoms with van der Waals surface area (Å²) >= 11 is 0. The molecule has 1 heterocycles. The predicted octanol–water partition coefficient (Wildman–Crippen LogP) is 0.631. The molecule has 5 nitrogen and oxygen atoms in total. The van der Waals surface area contributed by atoms with Gasteiger partial charge in [-0.3, -0.25) is 9.59 Å². The Kier molecular flexibility index (Phi) is 3.60. The normalized spacial score (nSPS) is 23.1. The molecule has 5 heteroatoms. The van der Waals surface area contributed by atoms with Crippen LogP contribution in [0.4, 0.5) is 0 Å². The number of amides is 2. The molecule has 19 heavy (non-hydrogen) atoms. The lowest BCUT2D eigenvalue weighted by Gasteiger charge is -2.36. The second-order valence-corrected chi connectivity index (χ2v) is 6.95. The highest BCUT2D eigenvalue weighted by Crippen LogP contribution is 2.32. The molecule has 0 radical (unpaired) electrons. The van der Waals surface area contributed by atoms with Crippen LogP contribution in [0.25, 0.3) is 0 Å². The Morgan fingerprint density at radius 1 is 1.21 bits per heavy atom. The van der Waals surface area contributed by atoms with Crippen molar-refractivity contribution in [1.29, 1.82) is 0 Å². The fourth-order valence-corrected chi connectivity index (χ4v) is 2.39. The zero-order valence-corrected chi connectivity index (χ0v) is 12.2. The fraction of sp³-hybridized carbons (Fsp3) is 0.857. The van der Waals surface area contributed by atoms with Gasteiger partial charge in [0, 0.05) is 24.5 Å². The van der Waals surface area contributed by atoms with Crippen molar-refractivity contribution in [3.05, 3.63) is 0 Å². The number of piperidine rings is 1. The minimum atomic E-state index is -0.599. The molecule has 2 aliphatic rings. The summed E-state index contributed by atoms with van der Waals surface area (Å²) in [7, 11) is 0. The van der Waals surface area contributed by atoms with E-state index in [2.05, 4.69) is 5.32 Å². The van der Waals surface area contributed by atoms with Crippen LogP contribution in [-0.2, 0) is 9.59 Å². The van der Waals surface area contributed by atoms with Crippen LogP contribution in [0.3, 0.4) is 0 Å². The fourth-order valence-electron chi connectivity index (χ4n) is 2.39. The van der Waals surface area contributed by atoms with Gasteiger partial charge in [-0.1, -0.05) is 20.8 Å². The minimum Gasteiger partial charge on any atom is -0.352 e. The van der Waals surface area contributed by atoms with Crippen LogP contribution in [0.2, 0.25) is 0 Å². The average Bonchev–Trinajstić information content (AvgIpc) is 3.08. The van der Waals surface area contributed by atoms with Gasteiger partial charge < -0.3 is 16.0 Å². The van der Waals surface area contributed by atoms with Gasteiger partial charge in [-0.2, -0.15) is 0 Å². The van der Waals surface area contributed by atoms with E-state index in [0.717, 1.165) is 38.8 Å². The molecule has 2 rings (SSSR count). The summed E-state index contributed by atoms with van der Waals surface area (Å²) < 4.78 is 0. The van der Waals surface area contributed by atoms with E-state index < -0.39 is 5.54 Å². The van der Waals surface area contributed by atoms with Crippen LogP contribution < -0.4 is 11.1 Å². The molecule has 1 aliphatic heterocycles. The molecular weight excluding hydrogens is 242 g/mol. The molecule has 0 bridgehead atoms. The van der Waals surface area contributed by atoms with Crippen LogP contribution in [0, 0.1) is 5.41 Å². The number of likely N-dealkylation sites (tertiary alicyclic amines) is 1. The second-order valence-electron chi connectivity index (χ2n) is 6.95. The third-order valence-electron chi connectivity index (χ3n) is 4.00. The first-order valence-corrected chi connectivity index (χ1v) is 7.12. The van der Waals surface area contributed by atoms with E-state index in [0.29, 0.717) is 0 Å². The summed E-state index contributed by atoms with van der Waals surface area (Å²) in [5.74, 6) is 0.169. The Hall–Kier alpha value is -1.10. The summed E-state index contributed by atoms with van der Waals surface area (Å²) in [5, 5.41) is 3.02. The molecule has 0 spiro atoms. The molecule has 0 aromatic carbocycles. The van der Waals surface area contributed by atoms with Gasteiger partial charge in [0.1, 0.15) is 0 Å². The van der Waals surface area contributed by atoms with Gasteiger partial charge in [-0.05, 0) is 25.7 Å². The Labute approximate surface area is 114 Å². The lowest BCUT2D eigenvalue weighted by Crippen LogP contribution is -2.52. The highest BCUT2D eigenvalue weighted by molar-refractivity contribution is 5.89. The molecule has 1 saturated heterocycles. The average molecular weight is 267 g/mol. The summed E-state index contributed by atoms with van der Waals surface area (Å²) in [4.78, 5) is 25.9. The number of nitrogens with zero attached hydrogens (tertiary/aromatic N) is 1. The van der Waals surface area contributed by atoms with Gasteiger partial charge in [-0.25, -0.2) is 0 Å². The Balaban J connectivity index is 1.79. The van der Waals surface area contributed by atoms with Gasteiger partial charge >= 0.3 is 0 Å². The van der Waals surface area contributed by atoms with Crippen molar-refractivity contribution >= 4 is 11.8 Å². The second kappa shape index (κ2) is 4.78. The number of hydrogen-bond donors (Lipinski definition) is 2. The molecule has 3 N–H and O–H groups in total. The Bertz CT molecular complexity index is 375. The van der Waals surface area contributed by atoms with E-state index in [-0.39, 0.29) is 23.3 Å². The number of carbonyl (C=O) groups excluding carboxylic acids is 2. The summed E-state index contributed by atoms with van der Waals surface area (Å²) in [6.07, 6.45) is 3.23. The first kappa shape index (κ1) is 14.3. The smallest absolute Gasteiger partial charge is 0.240 e. The van der Waals surface area contributed by atoms with E-state index >= 15 is 0 Å². The van der Waals surface area contributed by atoms with Gasteiger partial charge in [0.2, 0.25) is 11.8 Å². The van der Waals surface area contributed by atoms with Crippen molar-refractivity contribution < 1.29 is 9.59 Å². The van der Waals surface area contributed by atoms with E-state index in [1.54, 1.807) is 0 Å². The summed E-state index contributed by atoms with van der Waals surface area (Å²) in [6.45, 7) is 7.26. The van der Waals surface area contributed by atoms with Crippen molar-refractivity contribution in [3.63, 3.8) is 0 Å². The van der Waals surface area contributed by atoms with Crippen molar-refractivity contribution in [3.8, 4) is 0 Å². The minimum absolute atomic E-state index is 0.0203. The standard InChI is InChI=1S/C14H25N3O2/c1-13(2,3)12(19)17-8-4-10(5-9-17)16-11(18)14(15)6-7-14/h10H,4-9,15H2,1-3H3,(H,16,18). The molecule has 0 aromatic heterocycles. The van der Waals surface area contributed by atoms with Gasteiger partial charge in [0.25, 0.3) is 0 Å². The number of hydrogen-bond acceptors (Lipinski definition) is 3. The first-order valence-electron chi connectivity index (χ1n) is 7.12. The number of nitrogens with two attached hydrogens (primary N) is 1. The highest BCUT2D eigenvalue weighted by atomic mass is 16.2. The largest absolute Gasteiger partial charge is 0.352 e. The van der Waals surface area contributed by atoms with E-state index in [1.165, 1.54) is 0 Å². The first-order chi connectivity index (χ1) is 8.72. The van der Waals surface area contributed by atoms with Crippen molar-refractivity contribution in [2.24, 2.45) is 11.1 Å². The lowest BCUT2D eigenvalue weighted by molar-refractivity contribution is -0.140. The third-order valence-corrected chi connectivity index (χ3v) is 4.00. The molecule has 0 aromatic rings. The van der Waals surface area contributed by atoms with Gasteiger partial charge in [-0.15, -0.1) is 0 Å². The highest BCUT2D eigenvalue weighted by Gasteiger charge is 2.46. The number of rotatable bonds is 2. The van der Waals surface area contributed by atoms with Crippen LogP contribution >= 0.6 is 0 Å². The van der Waals surface area contributed by atoms with E-state index in [9.17, 15) is 9.59 Å². The molecule has 2 fully saturated rings. The zero-order valence-electron chi connectivity index (χ0n) is 12.2. The van der Waals surface area contributed by atoms with Gasteiger partial charge in [0.15, 0.2) is 0 Å². The van der Waals surface area contributed by atoms with E-state index in [4.69, 9.17) is 5.73 Å². The van der Waals surface area contributed by atoms with Crippen LogP contribution in [0.15, 0.2) is 0 Å². The number of nitrogens with one attached hydrogen (secondary N) is 1. The quantitative estimate of drug-likeness (QED) is 0.770. The topological polar surface area (TPSA) is 75.4 Å². The van der Waals surface area contributed by atoms with Gasteiger partial charge in [0.05, 0.1) is 5.54 Å². The zero-order chi connectivity index (χ0) is 14.3. The molecular formula is C14H25N3O2. The van der Waals surface area contributed by atoms with Crippen LogP contribution in [0.5, 0.6) is 0 Å². The molecule has 108 valence electrons. The maximum atomic E-state index is 12.1. The molecule has 1 aliphatic carbocycles. The van der Waals surface area contributed by atoms with E-state index in [1.807, 2.05) is 25.7 Å². The van der Waals surface area contributed by atoms with Crippen LogP contribution in [-0.4, -0.2) is 41.4 Å².